The van der Waals surface area contributed by atoms with Gasteiger partial charge in [-0.15, -0.1) is 0 Å². The van der Waals surface area contributed by atoms with Crippen molar-refractivity contribution in [3.63, 3.8) is 0 Å². The molecule has 0 aliphatic heterocycles. The smallest absolute Gasteiger partial charge is 0.0714 e. The Labute approximate surface area is 363 Å². The number of hydrogen-bond acceptors (Lipinski definition) is 1. The van der Waals surface area contributed by atoms with Crippen LogP contribution in [0.15, 0.2) is 170 Å². The summed E-state index contributed by atoms with van der Waals surface area (Å²) in [6.07, 6.45) is 9.46. The van der Waals surface area contributed by atoms with Crippen LogP contribution in [0.25, 0.3) is 22.3 Å². The minimum atomic E-state index is -0.509. The normalized spacial score (nSPS) is 24.2. The first-order chi connectivity index (χ1) is 29.7. The van der Waals surface area contributed by atoms with Gasteiger partial charge in [0.05, 0.1) is 11.1 Å². The van der Waals surface area contributed by atoms with Crippen molar-refractivity contribution in [3.05, 3.63) is 209 Å². The van der Waals surface area contributed by atoms with Crippen molar-refractivity contribution in [1.82, 2.24) is 0 Å². The minimum Gasteiger partial charge on any atom is -0.310 e. The number of fused-ring (bicyclic) bond motifs is 4. The Morgan fingerprint density at radius 3 is 1.66 bits per heavy atom. The number of benzene rings is 7. The van der Waals surface area contributed by atoms with Gasteiger partial charge in [-0.25, -0.2) is 0 Å². The van der Waals surface area contributed by atoms with Crippen LogP contribution in [0.3, 0.4) is 0 Å². The lowest BCUT2D eigenvalue weighted by Crippen LogP contribution is -2.34. The number of rotatable bonds is 7. The van der Waals surface area contributed by atoms with Crippen molar-refractivity contribution < 1.29 is 0 Å². The van der Waals surface area contributed by atoms with Crippen LogP contribution in [-0.2, 0) is 21.7 Å². The van der Waals surface area contributed by atoms with E-state index in [1.807, 2.05) is 0 Å². The molecule has 4 saturated carbocycles. The standard InChI is InChI=1S/C60H57N/c1-57(2)31-32-58(3,4)56-49(24-16-26-53(56)57)51-36-50-48-23-14-15-25-52(48)60(43-17-8-5-9-18-43,44-19-10-6-11-20-44)54(50)37-55(51)61(46-21-12-7-13-22-46)47-29-27-42(28-30-47)59-38-40-33-41(39-59)35-45(59)34-40/h5-30,36-37,40-41,45H,31-35,38-39H2,1-4H3. The van der Waals surface area contributed by atoms with Gasteiger partial charge in [0.25, 0.3) is 0 Å². The lowest BCUT2D eigenvalue weighted by molar-refractivity contribution is 0.266. The Kier molecular flexibility index (Phi) is 8.17. The second kappa shape index (κ2) is 13.4. The van der Waals surface area contributed by atoms with Crippen LogP contribution in [-0.4, -0.2) is 0 Å². The number of nitrogens with zero attached hydrogens (tertiary/aromatic N) is 1. The van der Waals surface area contributed by atoms with Crippen LogP contribution in [0, 0.1) is 17.8 Å². The first-order valence-electron chi connectivity index (χ1n) is 23.2. The molecule has 61 heavy (non-hydrogen) atoms. The van der Waals surface area contributed by atoms with Gasteiger partial charge in [0.1, 0.15) is 0 Å². The minimum absolute atomic E-state index is 0.0197. The largest absolute Gasteiger partial charge is 0.310 e. The van der Waals surface area contributed by atoms with Crippen molar-refractivity contribution in [2.45, 2.75) is 94.3 Å². The average Bonchev–Trinajstić information content (AvgIpc) is 3.83. The zero-order valence-electron chi connectivity index (χ0n) is 36.3. The molecule has 7 aromatic rings. The Balaban J connectivity index is 1.17. The lowest BCUT2D eigenvalue weighted by atomic mass is 9.61. The fourth-order valence-electron chi connectivity index (χ4n) is 14.0. The Bertz CT molecular complexity index is 2740. The Morgan fingerprint density at radius 2 is 0.984 bits per heavy atom. The summed E-state index contributed by atoms with van der Waals surface area (Å²) in [7, 11) is 0. The van der Waals surface area contributed by atoms with E-state index in [-0.39, 0.29) is 10.8 Å². The maximum atomic E-state index is 2.61. The molecule has 0 heterocycles. The third-order valence-corrected chi connectivity index (χ3v) is 16.7. The summed E-state index contributed by atoms with van der Waals surface area (Å²) in [5.74, 6) is 2.71. The molecule has 2 atom stereocenters. The molecule has 4 bridgehead atoms. The first kappa shape index (κ1) is 37.1. The third-order valence-electron chi connectivity index (χ3n) is 16.7. The maximum absolute atomic E-state index is 2.61. The lowest BCUT2D eigenvalue weighted by Gasteiger charge is -2.43. The zero-order chi connectivity index (χ0) is 41.1. The summed E-state index contributed by atoms with van der Waals surface area (Å²) in [5.41, 5.74) is 18.7. The highest BCUT2D eigenvalue weighted by atomic mass is 15.1. The van der Waals surface area contributed by atoms with Crippen LogP contribution >= 0.6 is 0 Å². The van der Waals surface area contributed by atoms with E-state index < -0.39 is 5.41 Å². The summed E-state index contributed by atoms with van der Waals surface area (Å²) < 4.78 is 0. The molecule has 0 radical (unpaired) electrons. The monoisotopic (exact) mass is 791 g/mol. The van der Waals surface area contributed by atoms with E-state index in [9.17, 15) is 0 Å². The fourth-order valence-corrected chi connectivity index (χ4v) is 14.0. The van der Waals surface area contributed by atoms with Gasteiger partial charge in [0.2, 0.25) is 0 Å². The van der Waals surface area contributed by atoms with E-state index in [0.29, 0.717) is 5.41 Å². The molecule has 6 aliphatic carbocycles. The summed E-state index contributed by atoms with van der Waals surface area (Å²) in [6, 6.07) is 65.4. The van der Waals surface area contributed by atoms with E-state index in [4.69, 9.17) is 0 Å². The molecule has 6 aliphatic rings. The Hall–Kier alpha value is -5.66. The number of anilines is 3. The molecule has 13 rings (SSSR count). The summed E-state index contributed by atoms with van der Waals surface area (Å²) in [5, 5.41) is 0. The summed E-state index contributed by atoms with van der Waals surface area (Å²) in [6.45, 7) is 9.88. The van der Waals surface area contributed by atoms with Crippen LogP contribution in [0.5, 0.6) is 0 Å². The van der Waals surface area contributed by atoms with Crippen LogP contribution in [0.4, 0.5) is 17.1 Å². The molecule has 7 aromatic carbocycles. The molecule has 0 N–H and O–H groups in total. The predicted molar refractivity (Wildman–Crippen MR) is 254 cm³/mol. The summed E-state index contributed by atoms with van der Waals surface area (Å²) >= 11 is 0. The molecule has 1 heteroatoms. The molecule has 0 aromatic heterocycles. The van der Waals surface area contributed by atoms with E-state index >= 15 is 0 Å². The zero-order valence-corrected chi connectivity index (χ0v) is 36.3. The topological polar surface area (TPSA) is 3.24 Å². The predicted octanol–water partition coefficient (Wildman–Crippen LogP) is 15.6. The molecule has 0 spiro atoms. The highest BCUT2D eigenvalue weighted by Gasteiger charge is 2.58. The highest BCUT2D eigenvalue weighted by molar-refractivity contribution is 5.97. The second-order valence-electron chi connectivity index (χ2n) is 20.9. The van der Waals surface area contributed by atoms with Crippen molar-refractivity contribution in [2.24, 2.45) is 17.8 Å². The van der Waals surface area contributed by atoms with Gasteiger partial charge in [-0.2, -0.15) is 0 Å². The van der Waals surface area contributed by atoms with Crippen LogP contribution < -0.4 is 4.90 Å². The van der Waals surface area contributed by atoms with Crippen LogP contribution in [0.1, 0.15) is 112 Å². The van der Waals surface area contributed by atoms with Gasteiger partial charge in [0.15, 0.2) is 0 Å². The van der Waals surface area contributed by atoms with Crippen molar-refractivity contribution in [1.29, 1.82) is 0 Å². The van der Waals surface area contributed by atoms with E-state index in [0.717, 1.165) is 24.2 Å². The molecular weight excluding hydrogens is 735 g/mol. The average molecular weight is 792 g/mol. The van der Waals surface area contributed by atoms with Crippen LogP contribution in [0.2, 0.25) is 0 Å². The quantitative estimate of drug-likeness (QED) is 0.155. The number of para-hydroxylation sites is 1. The second-order valence-corrected chi connectivity index (χ2v) is 20.9. The molecule has 302 valence electrons. The van der Waals surface area contributed by atoms with Crippen molar-refractivity contribution in [2.75, 3.05) is 4.90 Å². The van der Waals surface area contributed by atoms with E-state index in [1.54, 1.807) is 5.56 Å². The van der Waals surface area contributed by atoms with E-state index in [1.165, 1.54) is 111 Å². The summed E-state index contributed by atoms with van der Waals surface area (Å²) in [4.78, 5) is 2.60. The number of hydrogen-bond donors (Lipinski definition) is 0. The van der Waals surface area contributed by atoms with Crippen molar-refractivity contribution in [3.8, 4) is 22.3 Å². The van der Waals surface area contributed by atoms with Crippen molar-refractivity contribution >= 4 is 17.1 Å². The maximum Gasteiger partial charge on any atom is 0.0714 e. The van der Waals surface area contributed by atoms with Gasteiger partial charge < -0.3 is 4.90 Å². The molecule has 0 amide bonds. The Morgan fingerprint density at radius 1 is 0.426 bits per heavy atom. The molecule has 0 saturated heterocycles. The molecular formula is C60H57N. The van der Waals surface area contributed by atoms with Gasteiger partial charge in [-0.1, -0.05) is 161 Å². The van der Waals surface area contributed by atoms with Gasteiger partial charge >= 0.3 is 0 Å². The first-order valence-corrected chi connectivity index (χ1v) is 23.2. The highest BCUT2D eigenvalue weighted by Crippen LogP contribution is 2.66. The van der Waals surface area contributed by atoms with Gasteiger partial charge in [0, 0.05) is 16.9 Å². The third kappa shape index (κ3) is 5.38. The van der Waals surface area contributed by atoms with Gasteiger partial charge in [-0.05, 0) is 171 Å². The fraction of sp³-hybridized carbons (Fsp3) is 0.300. The molecule has 4 fully saturated rings. The SMILES string of the molecule is CC1(C)CCC(C)(C)c2c(-c3cc4c(cc3N(c3ccccc3)c3ccc(C56CC7CC(CC5C7)C6)cc3)C(c3ccccc3)(c3ccccc3)c3ccccc3-4)cccc21. The molecule has 2 unspecified atom stereocenters. The van der Waals surface area contributed by atoms with E-state index in [2.05, 4.69) is 202 Å². The van der Waals surface area contributed by atoms with Gasteiger partial charge in [-0.3, -0.25) is 0 Å². The molecule has 1 nitrogen and oxygen atoms in total.